The minimum atomic E-state index is -3.40. The Morgan fingerprint density at radius 3 is 2.64 bits per heavy atom. The number of likely N-dealkylation sites (tertiary alicyclic amines) is 1. The van der Waals surface area contributed by atoms with E-state index >= 15 is 0 Å². The number of nitrogens with zero attached hydrogens (tertiary/aromatic N) is 1. The maximum absolute atomic E-state index is 12.2. The summed E-state index contributed by atoms with van der Waals surface area (Å²) in [4.78, 5) is 2.76. The van der Waals surface area contributed by atoms with Crippen LogP contribution in [0.15, 0.2) is 27.6 Å². The molecule has 1 saturated heterocycles. The van der Waals surface area contributed by atoms with Gasteiger partial charge in [0.15, 0.2) is 0 Å². The van der Waals surface area contributed by atoms with Crippen molar-refractivity contribution >= 4 is 26.0 Å². The predicted octanol–water partition coefficient (Wildman–Crippen LogP) is 3.16. The van der Waals surface area contributed by atoms with Crippen molar-refractivity contribution in [1.29, 1.82) is 0 Å². The van der Waals surface area contributed by atoms with Gasteiger partial charge in [-0.1, -0.05) is 22.9 Å². The molecular formula is C16H25BrN2O2S. The molecule has 1 heterocycles. The standard InChI is InChI=1S/C16H25BrN2O2S/c1-13-6-10-19(11-7-13)9-3-8-18-22(20,21)15-4-5-16(17)14(2)12-15/h4-5,12-13,18H,3,6-11H2,1-2H3. The van der Waals surface area contributed by atoms with E-state index in [1.165, 1.54) is 12.8 Å². The summed E-state index contributed by atoms with van der Waals surface area (Å²) in [6.45, 7) is 7.92. The molecule has 1 aromatic rings. The first-order valence-electron chi connectivity index (χ1n) is 7.86. The molecule has 6 heteroatoms. The number of halogens is 1. The van der Waals surface area contributed by atoms with Crippen LogP contribution in [0.1, 0.15) is 31.7 Å². The van der Waals surface area contributed by atoms with Gasteiger partial charge in [-0.05, 0) is 75.5 Å². The van der Waals surface area contributed by atoms with Crippen LogP contribution in [0.5, 0.6) is 0 Å². The molecule has 1 aliphatic heterocycles. The maximum atomic E-state index is 12.2. The number of piperidine rings is 1. The summed E-state index contributed by atoms with van der Waals surface area (Å²) >= 11 is 3.39. The van der Waals surface area contributed by atoms with Gasteiger partial charge < -0.3 is 4.90 Å². The van der Waals surface area contributed by atoms with Gasteiger partial charge in [0.1, 0.15) is 0 Å². The summed E-state index contributed by atoms with van der Waals surface area (Å²) in [7, 11) is -3.40. The molecule has 0 spiro atoms. The summed E-state index contributed by atoms with van der Waals surface area (Å²) in [5, 5.41) is 0. The summed E-state index contributed by atoms with van der Waals surface area (Å²) in [6, 6.07) is 5.10. The van der Waals surface area contributed by atoms with Crippen molar-refractivity contribution in [2.75, 3.05) is 26.2 Å². The first kappa shape index (κ1) is 17.9. The largest absolute Gasteiger partial charge is 0.303 e. The van der Waals surface area contributed by atoms with Crippen LogP contribution in [-0.4, -0.2) is 39.5 Å². The first-order valence-corrected chi connectivity index (χ1v) is 10.1. The molecule has 1 aliphatic rings. The smallest absolute Gasteiger partial charge is 0.240 e. The van der Waals surface area contributed by atoms with Crippen molar-refractivity contribution in [2.24, 2.45) is 5.92 Å². The molecule has 124 valence electrons. The Bertz CT molecular complexity index is 596. The molecule has 0 aromatic heterocycles. The number of hydrogen-bond acceptors (Lipinski definition) is 3. The van der Waals surface area contributed by atoms with Crippen molar-refractivity contribution in [3.05, 3.63) is 28.2 Å². The molecule has 4 nitrogen and oxygen atoms in total. The Morgan fingerprint density at radius 2 is 2.00 bits per heavy atom. The van der Waals surface area contributed by atoms with Gasteiger partial charge in [-0.3, -0.25) is 0 Å². The van der Waals surface area contributed by atoms with Crippen LogP contribution in [0, 0.1) is 12.8 Å². The molecule has 0 unspecified atom stereocenters. The Hall–Kier alpha value is -0.430. The molecule has 1 fully saturated rings. The van der Waals surface area contributed by atoms with Gasteiger partial charge in [-0.2, -0.15) is 0 Å². The zero-order valence-corrected chi connectivity index (χ0v) is 15.7. The topological polar surface area (TPSA) is 49.4 Å². The second kappa shape index (κ2) is 7.90. The van der Waals surface area contributed by atoms with Crippen LogP contribution >= 0.6 is 15.9 Å². The normalized spacial score (nSPS) is 17.8. The third-order valence-corrected chi connectivity index (χ3v) is 6.61. The summed E-state index contributed by atoms with van der Waals surface area (Å²) in [5.74, 6) is 0.829. The second-order valence-electron chi connectivity index (χ2n) is 6.19. The van der Waals surface area contributed by atoms with Gasteiger partial charge in [0.25, 0.3) is 0 Å². The van der Waals surface area contributed by atoms with Crippen LogP contribution in [0.4, 0.5) is 0 Å². The van der Waals surface area contributed by atoms with Crippen LogP contribution in [-0.2, 0) is 10.0 Å². The van der Waals surface area contributed by atoms with Crippen LogP contribution in [0.3, 0.4) is 0 Å². The predicted molar refractivity (Wildman–Crippen MR) is 93.5 cm³/mol. The number of aryl methyl sites for hydroxylation is 1. The Morgan fingerprint density at radius 1 is 1.32 bits per heavy atom. The van der Waals surface area contributed by atoms with E-state index in [0.717, 1.165) is 42.0 Å². The SMILES string of the molecule is Cc1cc(S(=O)(=O)NCCCN2CCC(C)CC2)ccc1Br. The highest BCUT2D eigenvalue weighted by molar-refractivity contribution is 9.10. The van der Waals surface area contributed by atoms with E-state index in [4.69, 9.17) is 0 Å². The summed E-state index contributed by atoms with van der Waals surface area (Å²) < 4.78 is 28.1. The lowest BCUT2D eigenvalue weighted by molar-refractivity contribution is 0.191. The third-order valence-electron chi connectivity index (χ3n) is 4.26. The fraction of sp³-hybridized carbons (Fsp3) is 0.625. The van der Waals surface area contributed by atoms with Gasteiger partial charge in [-0.25, -0.2) is 13.1 Å². The monoisotopic (exact) mass is 388 g/mol. The van der Waals surface area contributed by atoms with Crippen molar-refractivity contribution in [2.45, 2.75) is 38.0 Å². The van der Waals surface area contributed by atoms with Crippen molar-refractivity contribution < 1.29 is 8.42 Å². The number of nitrogens with one attached hydrogen (secondary N) is 1. The lowest BCUT2D eigenvalue weighted by Crippen LogP contribution is -2.35. The van der Waals surface area contributed by atoms with E-state index in [-0.39, 0.29) is 0 Å². The highest BCUT2D eigenvalue weighted by Gasteiger charge is 2.16. The molecule has 0 saturated carbocycles. The molecule has 0 radical (unpaired) electrons. The van der Waals surface area contributed by atoms with E-state index in [9.17, 15) is 8.42 Å². The minimum absolute atomic E-state index is 0.333. The summed E-state index contributed by atoms with van der Waals surface area (Å²) in [5.41, 5.74) is 0.922. The molecule has 1 N–H and O–H groups in total. The highest BCUT2D eigenvalue weighted by atomic mass is 79.9. The summed E-state index contributed by atoms with van der Waals surface area (Å²) in [6.07, 6.45) is 3.36. The molecule has 22 heavy (non-hydrogen) atoms. The van der Waals surface area contributed by atoms with Crippen molar-refractivity contribution in [1.82, 2.24) is 9.62 Å². The second-order valence-corrected chi connectivity index (χ2v) is 8.81. The van der Waals surface area contributed by atoms with Gasteiger partial charge in [0.05, 0.1) is 4.90 Å². The number of rotatable bonds is 6. The Labute approximate surface area is 142 Å². The lowest BCUT2D eigenvalue weighted by atomic mass is 9.99. The van der Waals surface area contributed by atoms with Gasteiger partial charge >= 0.3 is 0 Å². The molecular weight excluding hydrogens is 364 g/mol. The van der Waals surface area contributed by atoms with E-state index in [0.29, 0.717) is 11.4 Å². The highest BCUT2D eigenvalue weighted by Crippen LogP contribution is 2.20. The van der Waals surface area contributed by atoms with Crippen LogP contribution in [0.25, 0.3) is 0 Å². The zero-order valence-electron chi connectivity index (χ0n) is 13.3. The Balaban J connectivity index is 1.79. The number of benzene rings is 1. The quantitative estimate of drug-likeness (QED) is 0.761. The lowest BCUT2D eigenvalue weighted by Gasteiger charge is -2.30. The Kier molecular flexibility index (Phi) is 6.44. The van der Waals surface area contributed by atoms with E-state index in [2.05, 4.69) is 32.5 Å². The van der Waals surface area contributed by atoms with E-state index < -0.39 is 10.0 Å². The van der Waals surface area contributed by atoms with Gasteiger partial charge in [0, 0.05) is 11.0 Å². The van der Waals surface area contributed by atoms with Crippen LogP contribution < -0.4 is 4.72 Å². The fourth-order valence-electron chi connectivity index (χ4n) is 2.66. The molecule has 0 aliphatic carbocycles. The van der Waals surface area contributed by atoms with Gasteiger partial charge in [-0.15, -0.1) is 0 Å². The van der Waals surface area contributed by atoms with Gasteiger partial charge in [0.2, 0.25) is 10.0 Å². The van der Waals surface area contributed by atoms with Crippen molar-refractivity contribution in [3.63, 3.8) is 0 Å². The molecule has 0 bridgehead atoms. The molecule has 2 rings (SSSR count). The average Bonchev–Trinajstić information content (AvgIpc) is 2.48. The van der Waals surface area contributed by atoms with E-state index in [1.54, 1.807) is 18.2 Å². The number of hydrogen-bond donors (Lipinski definition) is 1. The molecule has 0 atom stereocenters. The maximum Gasteiger partial charge on any atom is 0.240 e. The number of sulfonamides is 1. The average molecular weight is 389 g/mol. The minimum Gasteiger partial charge on any atom is -0.303 e. The van der Waals surface area contributed by atoms with Crippen molar-refractivity contribution in [3.8, 4) is 0 Å². The van der Waals surface area contributed by atoms with Crippen LogP contribution in [0.2, 0.25) is 0 Å². The fourth-order valence-corrected chi connectivity index (χ4v) is 4.07. The first-order chi connectivity index (χ1) is 10.4. The van der Waals surface area contributed by atoms with E-state index in [1.807, 2.05) is 6.92 Å². The molecule has 0 amide bonds. The zero-order chi connectivity index (χ0) is 16.2. The molecule has 1 aromatic carbocycles. The third kappa shape index (κ3) is 5.05.